The van der Waals surface area contributed by atoms with Gasteiger partial charge in [-0.1, -0.05) is 124 Å². The van der Waals surface area contributed by atoms with Gasteiger partial charge in [0.05, 0.1) is 13.0 Å². The molecule has 3 aromatic carbocycles. The Morgan fingerprint density at radius 3 is 2.14 bits per heavy atom. The molecule has 259 valence electrons. The van der Waals surface area contributed by atoms with E-state index in [4.69, 9.17) is 14.2 Å². The van der Waals surface area contributed by atoms with Crippen molar-refractivity contribution in [2.24, 2.45) is 5.92 Å². The lowest BCUT2D eigenvalue weighted by atomic mass is 9.98. The molecule has 0 aromatic heterocycles. The van der Waals surface area contributed by atoms with Crippen LogP contribution in [-0.2, 0) is 35.0 Å². The molecule has 2 atom stereocenters. The number of hydrogen-bond donors (Lipinski definition) is 1. The molecule has 49 heavy (non-hydrogen) atoms. The first kappa shape index (κ1) is 37.7. The average Bonchev–Trinajstić information content (AvgIpc) is 3.39. The largest absolute Gasteiger partial charge is 0.466 e. The number of ether oxygens (including phenoxy) is 3. The fourth-order valence-corrected chi connectivity index (χ4v) is 6.79. The molecule has 8 nitrogen and oxygen atoms in total. The minimum atomic E-state index is -1.00. The number of rotatable bonds is 17. The van der Waals surface area contributed by atoms with E-state index in [-0.39, 0.29) is 30.0 Å². The SMILES string of the molecule is CC(C)[C@H](NC(=O)OCC1c2ccccc2-c2ccccc21)C(=O)O[C@H](/C=C/CCSC(=O)Cc1ccccc1)CC(=O)OCC[Si](C)C. The summed E-state index contributed by atoms with van der Waals surface area (Å²) in [5.74, 6) is -1.03. The number of carbonyl (C=O) groups is 4. The monoisotopic (exact) mass is 700 g/mol. The smallest absolute Gasteiger partial charge is 0.407 e. The van der Waals surface area contributed by atoms with Crippen LogP contribution in [0.4, 0.5) is 4.79 Å². The zero-order valence-corrected chi connectivity index (χ0v) is 30.5. The number of carbonyl (C=O) groups excluding carboxylic acids is 4. The van der Waals surface area contributed by atoms with Crippen molar-refractivity contribution in [3.63, 3.8) is 0 Å². The quantitative estimate of drug-likeness (QED) is 0.0505. The van der Waals surface area contributed by atoms with E-state index in [0.717, 1.165) is 33.9 Å². The van der Waals surface area contributed by atoms with Crippen LogP contribution in [-0.4, -0.2) is 63.1 Å². The van der Waals surface area contributed by atoms with Crippen LogP contribution in [0.15, 0.2) is 91.0 Å². The lowest BCUT2D eigenvalue weighted by Crippen LogP contribution is -2.46. The topological polar surface area (TPSA) is 108 Å². The summed E-state index contributed by atoms with van der Waals surface area (Å²) in [6.07, 6.45) is 2.57. The summed E-state index contributed by atoms with van der Waals surface area (Å²) in [4.78, 5) is 51.5. The third kappa shape index (κ3) is 11.7. The zero-order valence-electron chi connectivity index (χ0n) is 28.7. The Balaban J connectivity index is 1.33. The van der Waals surface area contributed by atoms with E-state index in [9.17, 15) is 19.2 Å². The molecule has 1 amide bonds. The molecule has 0 saturated heterocycles. The molecule has 10 heteroatoms. The number of allylic oxidation sites excluding steroid dienone is 1. The van der Waals surface area contributed by atoms with Crippen molar-refractivity contribution in [3.05, 3.63) is 108 Å². The highest BCUT2D eigenvalue weighted by Crippen LogP contribution is 2.44. The highest BCUT2D eigenvalue weighted by Gasteiger charge is 2.32. The van der Waals surface area contributed by atoms with Crippen molar-refractivity contribution in [2.45, 2.75) is 70.3 Å². The van der Waals surface area contributed by atoms with E-state index in [2.05, 4.69) is 30.5 Å². The molecule has 0 fully saturated rings. The van der Waals surface area contributed by atoms with E-state index >= 15 is 0 Å². The Hall–Kier alpha value is -4.15. The van der Waals surface area contributed by atoms with Crippen molar-refractivity contribution < 1.29 is 33.4 Å². The Bertz CT molecular complexity index is 1550. The Kier molecular flexibility index (Phi) is 14.7. The standard InChI is InChI=1S/C39H46NO7SSi/c1-27(2)37(40-39(44)46-26-34-32-19-10-8-17-30(32)31-18-9-11-20-33(31)34)38(43)47-29(25-35(41)45-21-23-49(3)4)16-12-13-22-48-36(42)24-28-14-6-5-7-15-28/h5-12,14-20,27,29,34,37H,13,21-26H2,1-4H3,(H,40,44)/b16-12+/t29-,37+/m1/s1. The van der Waals surface area contributed by atoms with Gasteiger partial charge in [0.2, 0.25) is 0 Å². The molecular weight excluding hydrogens is 655 g/mol. The van der Waals surface area contributed by atoms with Crippen LogP contribution in [0.1, 0.15) is 49.3 Å². The number of alkyl carbamates (subject to hydrolysis) is 1. The number of hydrogen-bond acceptors (Lipinski definition) is 8. The van der Waals surface area contributed by atoms with Gasteiger partial charge in [-0.25, -0.2) is 9.59 Å². The Morgan fingerprint density at radius 2 is 1.51 bits per heavy atom. The number of fused-ring (bicyclic) bond motifs is 3. The number of amides is 1. The van der Waals surface area contributed by atoms with E-state index in [1.165, 1.54) is 11.8 Å². The fourth-order valence-electron chi connectivity index (χ4n) is 5.53. The van der Waals surface area contributed by atoms with Crippen LogP contribution in [0.5, 0.6) is 0 Å². The van der Waals surface area contributed by atoms with Gasteiger partial charge in [-0.3, -0.25) is 9.59 Å². The van der Waals surface area contributed by atoms with Crippen molar-refractivity contribution in [3.8, 4) is 11.1 Å². The zero-order chi connectivity index (χ0) is 35.2. The van der Waals surface area contributed by atoms with Gasteiger partial charge in [0.15, 0.2) is 5.12 Å². The maximum absolute atomic E-state index is 13.4. The van der Waals surface area contributed by atoms with Crippen LogP contribution in [0, 0.1) is 5.92 Å². The van der Waals surface area contributed by atoms with Gasteiger partial charge in [0, 0.05) is 26.9 Å². The van der Waals surface area contributed by atoms with Crippen LogP contribution in [0.25, 0.3) is 11.1 Å². The second-order valence-electron chi connectivity index (χ2n) is 12.6. The van der Waals surface area contributed by atoms with Gasteiger partial charge in [0.1, 0.15) is 18.8 Å². The molecule has 0 unspecified atom stereocenters. The first-order valence-electron chi connectivity index (χ1n) is 16.7. The van der Waals surface area contributed by atoms with Crippen molar-refractivity contribution in [1.82, 2.24) is 5.32 Å². The fraction of sp³-hybridized carbons (Fsp3) is 0.385. The molecule has 1 radical (unpaired) electrons. The highest BCUT2D eigenvalue weighted by molar-refractivity contribution is 8.13. The second-order valence-corrected chi connectivity index (χ2v) is 16.7. The maximum atomic E-state index is 13.4. The van der Waals surface area contributed by atoms with Crippen LogP contribution >= 0.6 is 11.8 Å². The summed E-state index contributed by atoms with van der Waals surface area (Å²) < 4.78 is 16.9. The lowest BCUT2D eigenvalue weighted by Gasteiger charge is -2.23. The first-order valence-corrected chi connectivity index (χ1v) is 20.4. The van der Waals surface area contributed by atoms with E-state index in [0.29, 0.717) is 25.2 Å². The Morgan fingerprint density at radius 1 is 0.878 bits per heavy atom. The molecule has 0 saturated carbocycles. The maximum Gasteiger partial charge on any atom is 0.407 e. The van der Waals surface area contributed by atoms with Crippen molar-refractivity contribution in [1.29, 1.82) is 0 Å². The van der Waals surface area contributed by atoms with E-state index in [1.807, 2.05) is 66.7 Å². The third-order valence-electron chi connectivity index (χ3n) is 8.13. The number of nitrogens with one attached hydrogen (secondary N) is 1. The molecule has 1 aliphatic rings. The highest BCUT2D eigenvalue weighted by atomic mass is 32.2. The molecule has 1 N–H and O–H groups in total. The third-order valence-corrected chi connectivity index (χ3v) is 10.2. The summed E-state index contributed by atoms with van der Waals surface area (Å²) in [5.41, 5.74) is 5.39. The minimum absolute atomic E-state index is 0.0676. The predicted octanol–water partition coefficient (Wildman–Crippen LogP) is 7.60. The molecule has 4 rings (SSSR count). The molecule has 0 aliphatic heterocycles. The van der Waals surface area contributed by atoms with Gasteiger partial charge >= 0.3 is 18.0 Å². The number of thioether (sulfide) groups is 1. The van der Waals surface area contributed by atoms with E-state index in [1.54, 1.807) is 26.0 Å². The normalized spacial score (nSPS) is 13.5. The van der Waals surface area contributed by atoms with Gasteiger partial charge < -0.3 is 19.5 Å². The van der Waals surface area contributed by atoms with Crippen LogP contribution in [0.2, 0.25) is 19.1 Å². The molecule has 0 heterocycles. The summed E-state index contributed by atoms with van der Waals surface area (Å²) in [7, 11) is -0.554. The van der Waals surface area contributed by atoms with Crippen LogP contribution < -0.4 is 5.32 Å². The van der Waals surface area contributed by atoms with Gasteiger partial charge in [0.25, 0.3) is 0 Å². The molecular formula is C39H46NO7SSi. The van der Waals surface area contributed by atoms with E-state index < -0.39 is 39.0 Å². The van der Waals surface area contributed by atoms with Crippen molar-refractivity contribution >= 4 is 43.7 Å². The summed E-state index contributed by atoms with van der Waals surface area (Å²) >= 11 is 1.24. The minimum Gasteiger partial charge on any atom is -0.466 e. The van der Waals surface area contributed by atoms with Gasteiger partial charge in [-0.15, -0.1) is 0 Å². The summed E-state index contributed by atoms with van der Waals surface area (Å²) in [6.45, 7) is 8.32. The summed E-state index contributed by atoms with van der Waals surface area (Å²) in [5, 5.41) is 2.76. The predicted molar refractivity (Wildman–Crippen MR) is 196 cm³/mol. The first-order chi connectivity index (χ1) is 23.6. The second kappa shape index (κ2) is 19.1. The molecule has 0 bridgehead atoms. The lowest BCUT2D eigenvalue weighted by molar-refractivity contribution is -0.155. The van der Waals surface area contributed by atoms with Gasteiger partial charge in [-0.2, -0.15) is 0 Å². The molecule has 1 aliphatic carbocycles. The number of benzene rings is 3. The average molecular weight is 701 g/mol. The number of esters is 2. The van der Waals surface area contributed by atoms with Crippen LogP contribution in [0.3, 0.4) is 0 Å². The Labute approximate surface area is 295 Å². The van der Waals surface area contributed by atoms with Crippen molar-refractivity contribution in [2.75, 3.05) is 19.0 Å². The summed E-state index contributed by atoms with van der Waals surface area (Å²) in [6, 6.07) is 25.5. The molecule has 0 spiro atoms. The van der Waals surface area contributed by atoms with Gasteiger partial charge in [-0.05, 0) is 52.3 Å². The molecule has 3 aromatic rings.